The van der Waals surface area contributed by atoms with Crippen molar-refractivity contribution in [3.63, 3.8) is 0 Å². The minimum atomic E-state index is -0.553. The first kappa shape index (κ1) is 9.38. The van der Waals surface area contributed by atoms with Gasteiger partial charge in [0.05, 0.1) is 18.5 Å². The number of aryl methyl sites for hydroxylation is 1. The van der Waals surface area contributed by atoms with Gasteiger partial charge in [-0.15, -0.1) is 0 Å². The molecule has 0 saturated heterocycles. The molecule has 2 aromatic heterocycles. The molecule has 0 radical (unpaired) electrons. The Kier molecular flexibility index (Phi) is 2.00. The number of nitrogens with zero attached hydrogens (tertiary/aromatic N) is 3. The quantitative estimate of drug-likeness (QED) is 0.671. The summed E-state index contributed by atoms with van der Waals surface area (Å²) in [5.41, 5.74) is 7.08. The summed E-state index contributed by atoms with van der Waals surface area (Å²) in [4.78, 5) is 15.4. The van der Waals surface area contributed by atoms with Crippen molar-refractivity contribution in [3.05, 3.63) is 11.3 Å². The van der Waals surface area contributed by atoms with Crippen molar-refractivity contribution in [1.29, 1.82) is 0 Å². The van der Waals surface area contributed by atoms with Gasteiger partial charge in [-0.3, -0.25) is 0 Å². The molecule has 0 aromatic carbocycles. The molecular formula is C8H8N4O3. The molecule has 0 spiro atoms. The molecule has 7 nitrogen and oxygen atoms in total. The summed E-state index contributed by atoms with van der Waals surface area (Å²) in [6.45, 7) is 1.64. The number of hydrogen-bond donors (Lipinski definition) is 1. The average Bonchev–Trinajstić information content (AvgIpc) is 2.65. The van der Waals surface area contributed by atoms with Crippen LogP contribution in [-0.2, 0) is 4.74 Å². The standard InChI is InChI=1S/C8H8N4O3/c1-3-4(8(13)14-2)5(9)6-7(10-3)12-15-11-6/h9H2,1-2H3. The number of hydrogen-bond acceptors (Lipinski definition) is 7. The molecule has 0 aliphatic heterocycles. The van der Waals surface area contributed by atoms with Crippen LogP contribution in [0.5, 0.6) is 0 Å². The summed E-state index contributed by atoms with van der Waals surface area (Å²) in [5.74, 6) is -0.553. The average molecular weight is 208 g/mol. The number of anilines is 1. The number of fused-ring (bicyclic) bond motifs is 1. The van der Waals surface area contributed by atoms with Gasteiger partial charge < -0.3 is 10.5 Å². The van der Waals surface area contributed by atoms with Gasteiger partial charge in [0, 0.05) is 0 Å². The fourth-order valence-electron chi connectivity index (χ4n) is 1.31. The van der Waals surface area contributed by atoms with Gasteiger partial charge >= 0.3 is 5.97 Å². The van der Waals surface area contributed by atoms with Gasteiger partial charge in [0.15, 0.2) is 5.52 Å². The topological polar surface area (TPSA) is 104 Å². The van der Waals surface area contributed by atoms with Crippen molar-refractivity contribution >= 4 is 22.8 Å². The summed E-state index contributed by atoms with van der Waals surface area (Å²) >= 11 is 0. The lowest BCUT2D eigenvalue weighted by atomic mass is 10.1. The molecule has 0 atom stereocenters. The number of carbonyl (C=O) groups is 1. The van der Waals surface area contributed by atoms with E-state index in [4.69, 9.17) is 5.73 Å². The number of rotatable bonds is 1. The maximum atomic E-state index is 11.4. The Morgan fingerprint density at radius 3 is 2.87 bits per heavy atom. The Bertz CT molecular complexity index is 534. The van der Waals surface area contributed by atoms with Crippen molar-refractivity contribution in [2.24, 2.45) is 0 Å². The maximum absolute atomic E-state index is 11.4. The van der Waals surface area contributed by atoms with E-state index < -0.39 is 5.97 Å². The molecule has 0 fully saturated rings. The van der Waals surface area contributed by atoms with Crippen LogP contribution in [0.15, 0.2) is 4.63 Å². The molecule has 2 N–H and O–H groups in total. The summed E-state index contributed by atoms with van der Waals surface area (Å²) in [7, 11) is 1.27. The van der Waals surface area contributed by atoms with Crippen LogP contribution in [0.3, 0.4) is 0 Å². The molecule has 78 valence electrons. The van der Waals surface area contributed by atoms with E-state index in [1.54, 1.807) is 6.92 Å². The summed E-state index contributed by atoms with van der Waals surface area (Å²) in [5, 5.41) is 7.09. The smallest absolute Gasteiger partial charge is 0.341 e. The number of carbonyl (C=O) groups excluding carboxylic acids is 1. The van der Waals surface area contributed by atoms with E-state index in [9.17, 15) is 4.79 Å². The highest BCUT2D eigenvalue weighted by Gasteiger charge is 2.20. The number of esters is 1. The highest BCUT2D eigenvalue weighted by atomic mass is 16.6. The number of nitrogen functional groups attached to an aromatic ring is 1. The molecule has 2 heterocycles. The predicted molar refractivity (Wildman–Crippen MR) is 50.1 cm³/mol. The largest absolute Gasteiger partial charge is 0.465 e. The second kappa shape index (κ2) is 3.19. The maximum Gasteiger partial charge on any atom is 0.341 e. The zero-order valence-electron chi connectivity index (χ0n) is 8.14. The third-order valence-electron chi connectivity index (χ3n) is 2.02. The molecule has 2 rings (SSSR count). The van der Waals surface area contributed by atoms with E-state index in [-0.39, 0.29) is 22.4 Å². The molecular weight excluding hydrogens is 200 g/mol. The fourth-order valence-corrected chi connectivity index (χ4v) is 1.31. The van der Waals surface area contributed by atoms with Crippen molar-refractivity contribution < 1.29 is 14.2 Å². The van der Waals surface area contributed by atoms with Gasteiger partial charge in [-0.05, 0) is 17.2 Å². The SMILES string of the molecule is COC(=O)c1c(C)nc2nonc2c1N. The van der Waals surface area contributed by atoms with Crippen LogP contribution in [0.2, 0.25) is 0 Å². The lowest BCUT2D eigenvalue weighted by Gasteiger charge is -2.05. The van der Waals surface area contributed by atoms with Gasteiger partial charge in [0.2, 0.25) is 5.65 Å². The zero-order chi connectivity index (χ0) is 11.0. The highest BCUT2D eigenvalue weighted by molar-refractivity contribution is 6.02. The van der Waals surface area contributed by atoms with Crippen molar-refractivity contribution in [1.82, 2.24) is 15.3 Å². The second-order valence-corrected chi connectivity index (χ2v) is 2.91. The molecule has 0 saturated carbocycles. The lowest BCUT2D eigenvalue weighted by molar-refractivity contribution is 0.0601. The van der Waals surface area contributed by atoms with Gasteiger partial charge in [0.1, 0.15) is 5.56 Å². The number of aromatic nitrogens is 3. The Balaban J connectivity index is 2.78. The Hall–Kier alpha value is -2.18. The Morgan fingerprint density at radius 2 is 2.20 bits per heavy atom. The predicted octanol–water partition coefficient (Wildman–Crippen LogP) is 0.295. The minimum Gasteiger partial charge on any atom is -0.465 e. The van der Waals surface area contributed by atoms with E-state index in [1.165, 1.54) is 7.11 Å². The van der Waals surface area contributed by atoms with E-state index >= 15 is 0 Å². The molecule has 0 bridgehead atoms. The van der Waals surface area contributed by atoms with Crippen LogP contribution in [0.4, 0.5) is 5.69 Å². The first-order chi connectivity index (χ1) is 7.15. The van der Waals surface area contributed by atoms with E-state index in [0.29, 0.717) is 5.69 Å². The Morgan fingerprint density at radius 1 is 1.47 bits per heavy atom. The van der Waals surface area contributed by atoms with Crippen LogP contribution in [0, 0.1) is 6.92 Å². The number of methoxy groups -OCH3 is 1. The van der Waals surface area contributed by atoms with Gasteiger partial charge in [-0.25, -0.2) is 14.4 Å². The Labute approximate surface area is 84.2 Å². The first-order valence-electron chi connectivity index (χ1n) is 4.11. The molecule has 0 aliphatic carbocycles. The van der Waals surface area contributed by atoms with Crippen LogP contribution in [0.1, 0.15) is 16.1 Å². The summed E-state index contributed by atoms with van der Waals surface area (Å²) in [6.07, 6.45) is 0. The van der Waals surface area contributed by atoms with E-state index in [1.807, 2.05) is 0 Å². The van der Waals surface area contributed by atoms with Crippen molar-refractivity contribution in [2.75, 3.05) is 12.8 Å². The summed E-state index contributed by atoms with van der Waals surface area (Å²) in [6, 6.07) is 0. The van der Waals surface area contributed by atoms with Crippen molar-refractivity contribution in [3.8, 4) is 0 Å². The van der Waals surface area contributed by atoms with Crippen molar-refractivity contribution in [2.45, 2.75) is 6.92 Å². The number of ether oxygens (including phenoxy) is 1. The molecule has 2 aromatic rings. The molecule has 0 aliphatic rings. The number of nitrogens with two attached hydrogens (primary N) is 1. The summed E-state index contributed by atoms with van der Waals surface area (Å²) < 4.78 is 9.06. The van der Waals surface area contributed by atoms with Gasteiger partial charge in [-0.2, -0.15) is 0 Å². The first-order valence-corrected chi connectivity index (χ1v) is 4.11. The fraction of sp³-hybridized carbons (Fsp3) is 0.250. The zero-order valence-corrected chi connectivity index (χ0v) is 8.14. The van der Waals surface area contributed by atoms with Gasteiger partial charge in [0.25, 0.3) is 0 Å². The monoisotopic (exact) mass is 208 g/mol. The normalized spacial score (nSPS) is 10.5. The molecule has 7 heteroatoms. The number of pyridine rings is 1. The third kappa shape index (κ3) is 1.28. The van der Waals surface area contributed by atoms with Gasteiger partial charge in [-0.1, -0.05) is 0 Å². The van der Waals surface area contributed by atoms with Crippen LogP contribution >= 0.6 is 0 Å². The second-order valence-electron chi connectivity index (χ2n) is 2.91. The molecule has 15 heavy (non-hydrogen) atoms. The van der Waals surface area contributed by atoms with Crippen LogP contribution in [0.25, 0.3) is 11.2 Å². The highest BCUT2D eigenvalue weighted by Crippen LogP contribution is 2.23. The van der Waals surface area contributed by atoms with Crippen LogP contribution in [-0.4, -0.2) is 28.4 Å². The molecule has 0 amide bonds. The van der Waals surface area contributed by atoms with E-state index in [0.717, 1.165) is 0 Å². The third-order valence-corrected chi connectivity index (χ3v) is 2.02. The minimum absolute atomic E-state index is 0.172. The lowest BCUT2D eigenvalue weighted by Crippen LogP contribution is -2.10. The van der Waals surface area contributed by atoms with Crippen LogP contribution < -0.4 is 5.73 Å². The van der Waals surface area contributed by atoms with E-state index in [2.05, 4.69) is 24.7 Å². The molecule has 0 unspecified atom stereocenters.